The van der Waals surface area contributed by atoms with E-state index in [1.54, 1.807) is 18.2 Å². The first-order valence-electron chi connectivity index (χ1n) is 8.21. The molecule has 0 unspecified atom stereocenters. The Bertz CT molecular complexity index is 1050. The fourth-order valence-corrected chi connectivity index (χ4v) is 3.34. The number of fused-ring (bicyclic) bond motifs is 3. The summed E-state index contributed by atoms with van der Waals surface area (Å²) in [6.45, 7) is 0. The summed E-state index contributed by atoms with van der Waals surface area (Å²) in [6, 6.07) is 10.8. The van der Waals surface area contributed by atoms with Gasteiger partial charge in [0.15, 0.2) is 17.3 Å². The summed E-state index contributed by atoms with van der Waals surface area (Å²) in [5.74, 6) is 1.32. The Morgan fingerprint density at radius 2 is 1.44 bits per heavy atom. The first kappa shape index (κ1) is 16.8. The highest BCUT2D eigenvalue weighted by atomic mass is 16.5. The van der Waals surface area contributed by atoms with E-state index in [4.69, 9.17) is 19.9 Å². The zero-order valence-electron chi connectivity index (χ0n) is 15.1. The molecule has 7 heteroatoms. The molecule has 1 aromatic heterocycles. The molecular formula is C20H17N3O4. The second kappa shape index (κ2) is 6.28. The standard InChI is InChI=1S/C20H17N3O4/c1-25-13-8-10(9-14(26-2)19(13)27-3)16-15-17(23-20(21)22-16)11-6-4-5-7-12(11)18(15)24/h4-9H,1-3H3,(H2,21,22,23). The highest BCUT2D eigenvalue weighted by Crippen LogP contribution is 2.44. The molecule has 7 nitrogen and oxygen atoms in total. The van der Waals surface area contributed by atoms with Crippen LogP contribution in [-0.4, -0.2) is 37.1 Å². The molecule has 4 rings (SSSR count). The van der Waals surface area contributed by atoms with Crippen LogP contribution >= 0.6 is 0 Å². The lowest BCUT2D eigenvalue weighted by atomic mass is 10.0. The zero-order chi connectivity index (χ0) is 19.1. The van der Waals surface area contributed by atoms with Crippen LogP contribution in [0.2, 0.25) is 0 Å². The van der Waals surface area contributed by atoms with Crippen molar-refractivity contribution in [2.75, 3.05) is 27.1 Å². The number of nitrogens with two attached hydrogens (primary N) is 1. The molecular weight excluding hydrogens is 346 g/mol. The first-order valence-corrected chi connectivity index (χ1v) is 8.21. The quantitative estimate of drug-likeness (QED) is 0.595. The number of nitrogen functional groups attached to an aromatic ring is 1. The van der Waals surface area contributed by atoms with Crippen molar-refractivity contribution in [1.29, 1.82) is 0 Å². The Labute approximate surface area is 155 Å². The minimum absolute atomic E-state index is 0.0852. The van der Waals surface area contributed by atoms with Crippen molar-refractivity contribution < 1.29 is 19.0 Å². The Morgan fingerprint density at radius 3 is 2.04 bits per heavy atom. The molecule has 3 aromatic rings. The third kappa shape index (κ3) is 2.47. The number of nitrogens with zero attached hydrogens (tertiary/aromatic N) is 2. The van der Waals surface area contributed by atoms with E-state index in [2.05, 4.69) is 9.97 Å². The van der Waals surface area contributed by atoms with E-state index in [-0.39, 0.29) is 11.7 Å². The average Bonchev–Trinajstić information content (AvgIpc) is 2.98. The maximum Gasteiger partial charge on any atom is 0.221 e. The predicted octanol–water partition coefficient (Wildman–Crippen LogP) is 2.96. The molecule has 1 aliphatic carbocycles. The molecule has 0 saturated heterocycles. The summed E-state index contributed by atoms with van der Waals surface area (Å²) < 4.78 is 16.2. The Kier molecular flexibility index (Phi) is 3.92. The van der Waals surface area contributed by atoms with E-state index in [9.17, 15) is 4.79 Å². The molecule has 0 spiro atoms. The van der Waals surface area contributed by atoms with Crippen LogP contribution in [0.25, 0.3) is 22.5 Å². The number of anilines is 1. The van der Waals surface area contributed by atoms with Crippen LogP contribution in [-0.2, 0) is 0 Å². The van der Waals surface area contributed by atoms with Crippen LogP contribution in [0.1, 0.15) is 15.9 Å². The molecule has 1 aliphatic rings. The van der Waals surface area contributed by atoms with E-state index >= 15 is 0 Å². The topological polar surface area (TPSA) is 96.6 Å². The number of aromatic nitrogens is 2. The van der Waals surface area contributed by atoms with Gasteiger partial charge in [-0.15, -0.1) is 0 Å². The molecule has 0 aliphatic heterocycles. The van der Waals surface area contributed by atoms with Crippen molar-refractivity contribution in [3.63, 3.8) is 0 Å². The molecule has 27 heavy (non-hydrogen) atoms. The second-order valence-electron chi connectivity index (χ2n) is 5.94. The van der Waals surface area contributed by atoms with Gasteiger partial charge >= 0.3 is 0 Å². The third-order valence-electron chi connectivity index (χ3n) is 4.52. The van der Waals surface area contributed by atoms with Crippen molar-refractivity contribution in [3.8, 4) is 39.8 Å². The molecule has 0 amide bonds. The number of hydrogen-bond donors (Lipinski definition) is 1. The summed E-state index contributed by atoms with van der Waals surface area (Å²) in [4.78, 5) is 21.7. The van der Waals surface area contributed by atoms with Gasteiger partial charge < -0.3 is 19.9 Å². The summed E-state index contributed by atoms with van der Waals surface area (Å²) in [6.07, 6.45) is 0. The number of benzene rings is 2. The highest BCUT2D eigenvalue weighted by molar-refractivity contribution is 6.23. The number of carbonyl (C=O) groups excluding carboxylic acids is 1. The highest BCUT2D eigenvalue weighted by Gasteiger charge is 2.32. The van der Waals surface area contributed by atoms with Crippen molar-refractivity contribution in [3.05, 3.63) is 47.5 Å². The summed E-state index contributed by atoms with van der Waals surface area (Å²) in [7, 11) is 4.59. The number of ketones is 1. The van der Waals surface area contributed by atoms with Crippen LogP contribution in [0.3, 0.4) is 0 Å². The number of methoxy groups -OCH3 is 3. The Morgan fingerprint density at radius 1 is 0.852 bits per heavy atom. The second-order valence-corrected chi connectivity index (χ2v) is 5.94. The number of hydrogen-bond acceptors (Lipinski definition) is 7. The molecule has 136 valence electrons. The van der Waals surface area contributed by atoms with Crippen LogP contribution < -0.4 is 19.9 Å². The van der Waals surface area contributed by atoms with Gasteiger partial charge in [0.05, 0.1) is 38.3 Å². The van der Waals surface area contributed by atoms with E-state index in [1.807, 2.05) is 18.2 Å². The van der Waals surface area contributed by atoms with Gasteiger partial charge in [-0.25, -0.2) is 9.97 Å². The largest absolute Gasteiger partial charge is 0.493 e. The van der Waals surface area contributed by atoms with Gasteiger partial charge in [0.2, 0.25) is 11.7 Å². The fraction of sp³-hybridized carbons (Fsp3) is 0.150. The maximum atomic E-state index is 13.0. The van der Waals surface area contributed by atoms with E-state index < -0.39 is 0 Å². The minimum atomic E-state index is -0.135. The van der Waals surface area contributed by atoms with Gasteiger partial charge in [-0.05, 0) is 12.1 Å². The van der Waals surface area contributed by atoms with Crippen LogP contribution in [0.15, 0.2) is 36.4 Å². The molecule has 0 fully saturated rings. The summed E-state index contributed by atoms with van der Waals surface area (Å²) in [5.41, 5.74) is 9.28. The lowest BCUT2D eigenvalue weighted by Gasteiger charge is -2.15. The smallest absolute Gasteiger partial charge is 0.221 e. The molecule has 0 atom stereocenters. The monoisotopic (exact) mass is 363 g/mol. The minimum Gasteiger partial charge on any atom is -0.493 e. The zero-order valence-corrected chi connectivity index (χ0v) is 15.1. The summed E-state index contributed by atoms with van der Waals surface area (Å²) >= 11 is 0. The van der Waals surface area contributed by atoms with Crippen molar-refractivity contribution in [2.24, 2.45) is 0 Å². The average molecular weight is 363 g/mol. The number of rotatable bonds is 4. The Balaban J connectivity index is 2.01. The van der Waals surface area contributed by atoms with Crippen LogP contribution in [0.4, 0.5) is 5.95 Å². The van der Waals surface area contributed by atoms with Gasteiger partial charge in [0.1, 0.15) is 0 Å². The molecule has 2 aromatic carbocycles. The molecule has 1 heterocycles. The number of ether oxygens (including phenoxy) is 3. The van der Waals surface area contributed by atoms with Gasteiger partial charge in [0.25, 0.3) is 0 Å². The normalized spacial score (nSPS) is 11.7. The van der Waals surface area contributed by atoms with Crippen LogP contribution in [0.5, 0.6) is 17.2 Å². The molecule has 0 bridgehead atoms. The van der Waals surface area contributed by atoms with E-state index in [1.165, 1.54) is 21.3 Å². The van der Waals surface area contributed by atoms with Gasteiger partial charge in [-0.3, -0.25) is 4.79 Å². The number of carbonyl (C=O) groups is 1. The molecule has 0 saturated carbocycles. The van der Waals surface area contributed by atoms with E-state index in [0.717, 1.165) is 5.56 Å². The first-order chi connectivity index (χ1) is 13.1. The predicted molar refractivity (Wildman–Crippen MR) is 100 cm³/mol. The molecule has 2 N–H and O–H groups in total. The van der Waals surface area contributed by atoms with E-state index in [0.29, 0.717) is 45.3 Å². The SMILES string of the molecule is COc1cc(-c2nc(N)nc3c2C(=O)c2ccccc2-3)cc(OC)c1OC. The lowest BCUT2D eigenvalue weighted by molar-refractivity contribution is 0.104. The maximum absolute atomic E-state index is 13.0. The van der Waals surface area contributed by atoms with Gasteiger partial charge in [0, 0.05) is 16.7 Å². The van der Waals surface area contributed by atoms with Gasteiger partial charge in [-0.2, -0.15) is 0 Å². The fourth-order valence-electron chi connectivity index (χ4n) is 3.34. The van der Waals surface area contributed by atoms with Crippen molar-refractivity contribution >= 4 is 11.7 Å². The lowest BCUT2D eigenvalue weighted by Crippen LogP contribution is -2.05. The van der Waals surface area contributed by atoms with Crippen LogP contribution in [0, 0.1) is 0 Å². The van der Waals surface area contributed by atoms with Crippen molar-refractivity contribution in [2.45, 2.75) is 0 Å². The van der Waals surface area contributed by atoms with Crippen molar-refractivity contribution in [1.82, 2.24) is 9.97 Å². The summed E-state index contributed by atoms with van der Waals surface area (Å²) in [5, 5.41) is 0. The van der Waals surface area contributed by atoms with Gasteiger partial charge in [-0.1, -0.05) is 24.3 Å². The third-order valence-corrected chi connectivity index (χ3v) is 4.52. The Hall–Kier alpha value is -3.61. The molecule has 0 radical (unpaired) electrons.